The van der Waals surface area contributed by atoms with Gasteiger partial charge in [0.05, 0.1) is 12.7 Å². The molecule has 1 atom stereocenters. The van der Waals surface area contributed by atoms with Crippen molar-refractivity contribution in [2.45, 2.75) is 13.0 Å². The van der Waals surface area contributed by atoms with Crippen molar-refractivity contribution in [1.82, 2.24) is 0 Å². The van der Waals surface area contributed by atoms with Gasteiger partial charge in [0.15, 0.2) is 0 Å². The van der Waals surface area contributed by atoms with E-state index in [4.69, 9.17) is 4.74 Å². The molecule has 26 valence electrons. The Hall–Kier alpha value is 0.960. The topological polar surface area (TPSA) is 12.5 Å². The predicted molar refractivity (Wildman–Crippen MR) is 22.6 cm³/mol. The van der Waals surface area contributed by atoms with Crippen molar-refractivity contribution < 1.29 is 4.74 Å². The summed E-state index contributed by atoms with van der Waals surface area (Å²) >= 11 is 0. The van der Waals surface area contributed by atoms with E-state index in [1.54, 1.807) is 0 Å². The number of ether oxygens (including phenoxy) is 1. The van der Waals surface area contributed by atoms with Gasteiger partial charge >= 0.3 is 29.6 Å². The minimum atomic E-state index is 0. The van der Waals surface area contributed by atoms with Crippen LogP contribution in [-0.4, -0.2) is 42.3 Å². The Kier molecular flexibility index (Phi) is 2.61. The molecule has 0 spiro atoms. The maximum absolute atomic E-state index is 4.71. The summed E-state index contributed by atoms with van der Waals surface area (Å²) in [6, 6.07) is 0. The van der Waals surface area contributed by atoms with Crippen LogP contribution in [0, 0.1) is 0 Å². The molecule has 2 heteroatoms. The van der Waals surface area contributed by atoms with Crippen molar-refractivity contribution in [3.63, 3.8) is 0 Å². The molecular formula is C3H7NaO. The van der Waals surface area contributed by atoms with Gasteiger partial charge in [-0.25, -0.2) is 0 Å². The fraction of sp³-hybridized carbons (Fsp3) is 1.00. The molecule has 1 nitrogen and oxygen atoms in total. The van der Waals surface area contributed by atoms with Crippen molar-refractivity contribution in [3.05, 3.63) is 0 Å². The van der Waals surface area contributed by atoms with Crippen LogP contribution >= 0.6 is 0 Å². The summed E-state index contributed by atoms with van der Waals surface area (Å²) in [7, 11) is 0. The second-order valence-electron chi connectivity index (χ2n) is 1.14. The van der Waals surface area contributed by atoms with E-state index in [9.17, 15) is 0 Å². The molecule has 1 aliphatic heterocycles. The van der Waals surface area contributed by atoms with Crippen molar-refractivity contribution in [2.75, 3.05) is 6.61 Å². The molecule has 1 aliphatic rings. The van der Waals surface area contributed by atoms with Crippen LogP contribution in [0.4, 0.5) is 0 Å². The summed E-state index contributed by atoms with van der Waals surface area (Å²) < 4.78 is 4.71. The Morgan fingerprint density at radius 2 is 2.00 bits per heavy atom. The zero-order valence-corrected chi connectivity index (χ0v) is 2.69. The predicted octanol–water partition coefficient (Wildman–Crippen LogP) is -0.243. The second-order valence-corrected chi connectivity index (χ2v) is 1.14. The van der Waals surface area contributed by atoms with E-state index in [-0.39, 0.29) is 29.6 Å². The third-order valence-corrected chi connectivity index (χ3v) is 0.500. The van der Waals surface area contributed by atoms with Gasteiger partial charge in [-0.3, -0.25) is 0 Å². The third kappa shape index (κ3) is 2.77. The Morgan fingerprint density at radius 3 is 2.00 bits per heavy atom. The van der Waals surface area contributed by atoms with Crippen molar-refractivity contribution in [2.24, 2.45) is 0 Å². The number of rotatable bonds is 0. The van der Waals surface area contributed by atoms with Gasteiger partial charge in [0.25, 0.3) is 0 Å². The van der Waals surface area contributed by atoms with Gasteiger partial charge in [0.2, 0.25) is 0 Å². The van der Waals surface area contributed by atoms with Crippen LogP contribution in [-0.2, 0) is 4.74 Å². The van der Waals surface area contributed by atoms with E-state index in [1.807, 2.05) is 0 Å². The van der Waals surface area contributed by atoms with E-state index >= 15 is 0 Å². The monoisotopic (exact) mass is 82.0 g/mol. The van der Waals surface area contributed by atoms with Gasteiger partial charge in [-0.1, -0.05) is 0 Å². The summed E-state index contributed by atoms with van der Waals surface area (Å²) in [6.07, 6.45) is 0.583. The molecule has 0 aliphatic carbocycles. The number of epoxide rings is 1. The molecule has 5 heavy (non-hydrogen) atoms. The molecule has 0 aromatic carbocycles. The molecule has 0 radical (unpaired) electrons. The standard InChI is InChI=1S/C3H6O.Na.H/c1-3-2-4-3;;/h3H,2H2,1H3;;. The normalized spacial score (nSPS) is 31.8. The van der Waals surface area contributed by atoms with Crippen molar-refractivity contribution in [1.29, 1.82) is 0 Å². The average molecular weight is 82.1 g/mol. The molecule has 0 bridgehead atoms. The Bertz CT molecular complexity index is 26.1. The first-order chi connectivity index (χ1) is 1.89. The third-order valence-electron chi connectivity index (χ3n) is 0.500. The summed E-state index contributed by atoms with van der Waals surface area (Å²) in [5, 5.41) is 0. The summed E-state index contributed by atoms with van der Waals surface area (Å²) in [6.45, 7) is 3.04. The second kappa shape index (κ2) is 2.19. The first-order valence-electron chi connectivity index (χ1n) is 1.51. The first kappa shape index (κ1) is 5.96. The van der Waals surface area contributed by atoms with Gasteiger partial charge in [-0.05, 0) is 6.92 Å². The SMILES string of the molecule is CC1CO1.[NaH]. The van der Waals surface area contributed by atoms with Gasteiger partial charge in [-0.2, -0.15) is 0 Å². The Labute approximate surface area is 54.0 Å². The molecule has 1 fully saturated rings. The molecule has 0 N–H and O–H groups in total. The fourth-order valence-electron chi connectivity index (χ4n) is 0.0962. The van der Waals surface area contributed by atoms with E-state index in [0.29, 0.717) is 6.10 Å². The summed E-state index contributed by atoms with van der Waals surface area (Å²) in [5.41, 5.74) is 0. The molecule has 1 rings (SSSR count). The van der Waals surface area contributed by atoms with Crippen molar-refractivity contribution in [3.8, 4) is 0 Å². The Balaban J connectivity index is 0.000000160. The van der Waals surface area contributed by atoms with E-state index in [2.05, 4.69) is 6.92 Å². The molecular weight excluding hydrogens is 75.0 g/mol. The van der Waals surface area contributed by atoms with Gasteiger partial charge in [-0.15, -0.1) is 0 Å². The average Bonchev–Trinajstić information content (AvgIpc) is 1.75. The fourth-order valence-corrected chi connectivity index (χ4v) is 0.0962. The quantitative estimate of drug-likeness (QED) is 0.290. The Morgan fingerprint density at radius 1 is 1.80 bits per heavy atom. The van der Waals surface area contributed by atoms with Crippen LogP contribution in [0.15, 0.2) is 0 Å². The van der Waals surface area contributed by atoms with Crippen molar-refractivity contribution >= 4 is 29.6 Å². The molecule has 1 saturated heterocycles. The number of hydrogen-bond donors (Lipinski definition) is 0. The van der Waals surface area contributed by atoms with Crippen LogP contribution in [0.3, 0.4) is 0 Å². The van der Waals surface area contributed by atoms with Gasteiger partial charge in [0, 0.05) is 0 Å². The van der Waals surface area contributed by atoms with Crippen LogP contribution in [0.1, 0.15) is 6.92 Å². The molecule has 0 aromatic rings. The minimum absolute atomic E-state index is 0. The molecule has 1 heterocycles. The van der Waals surface area contributed by atoms with Crippen LogP contribution < -0.4 is 0 Å². The van der Waals surface area contributed by atoms with Crippen LogP contribution in [0.25, 0.3) is 0 Å². The molecule has 0 amide bonds. The summed E-state index contributed by atoms with van der Waals surface area (Å²) in [5.74, 6) is 0. The van der Waals surface area contributed by atoms with E-state index in [1.165, 1.54) is 0 Å². The van der Waals surface area contributed by atoms with E-state index < -0.39 is 0 Å². The van der Waals surface area contributed by atoms with Gasteiger partial charge < -0.3 is 4.74 Å². The molecule has 1 unspecified atom stereocenters. The van der Waals surface area contributed by atoms with Crippen LogP contribution in [0.5, 0.6) is 0 Å². The molecule has 0 saturated carbocycles. The zero-order chi connectivity index (χ0) is 2.99. The van der Waals surface area contributed by atoms with Crippen LogP contribution in [0.2, 0.25) is 0 Å². The molecule has 0 aromatic heterocycles. The summed E-state index contributed by atoms with van der Waals surface area (Å²) in [4.78, 5) is 0. The maximum atomic E-state index is 4.71. The van der Waals surface area contributed by atoms with Gasteiger partial charge in [0.1, 0.15) is 0 Å². The van der Waals surface area contributed by atoms with E-state index in [0.717, 1.165) is 6.61 Å². The number of hydrogen-bond acceptors (Lipinski definition) is 1. The zero-order valence-electron chi connectivity index (χ0n) is 2.69. The first-order valence-corrected chi connectivity index (χ1v) is 1.51.